The molecule has 0 amide bonds. The molecule has 0 saturated carbocycles. The molecule has 1 heterocycles. The molecule has 50 heavy (non-hydrogen) atoms. The molecule has 0 aliphatic carbocycles. The Bertz CT molecular complexity index is 2840. The maximum Gasteiger partial charge on any atom is 0.100 e. The molecule has 0 aliphatic heterocycles. The fraction of sp³-hybridized carbons (Fsp3) is 0.0208. The summed E-state index contributed by atoms with van der Waals surface area (Å²) in [5.74, 6) is 0. The normalized spacial score (nSPS) is 11.7. The van der Waals surface area contributed by atoms with Gasteiger partial charge in [-0.05, 0) is 85.1 Å². The molecule has 0 radical (unpaired) electrons. The summed E-state index contributed by atoms with van der Waals surface area (Å²) in [7, 11) is 0. The van der Waals surface area contributed by atoms with E-state index in [1.807, 2.05) is 29.5 Å². The third kappa shape index (κ3) is 4.52. The van der Waals surface area contributed by atoms with Crippen LogP contribution in [0.4, 0.5) is 0 Å². The Hall–Kier alpha value is -6.27. The lowest BCUT2D eigenvalue weighted by molar-refractivity contribution is 1.46. The van der Waals surface area contributed by atoms with Crippen LogP contribution in [0, 0.1) is 18.3 Å². The van der Waals surface area contributed by atoms with Gasteiger partial charge in [-0.25, -0.2) is 0 Å². The van der Waals surface area contributed by atoms with Crippen molar-refractivity contribution in [2.24, 2.45) is 0 Å². The minimum atomic E-state index is 0.731. The number of hydrogen-bond acceptors (Lipinski definition) is 2. The third-order valence-corrected chi connectivity index (χ3v) is 11.2. The van der Waals surface area contributed by atoms with Crippen LogP contribution < -0.4 is 0 Å². The zero-order valence-corrected chi connectivity index (χ0v) is 28.4. The van der Waals surface area contributed by atoms with Crippen LogP contribution in [0.3, 0.4) is 0 Å². The Kier molecular flexibility index (Phi) is 7.16. The van der Waals surface area contributed by atoms with Gasteiger partial charge in [-0.1, -0.05) is 152 Å². The largest absolute Gasteiger partial charge is 0.192 e. The van der Waals surface area contributed by atoms with Gasteiger partial charge in [-0.2, -0.15) is 5.26 Å². The summed E-state index contributed by atoms with van der Waals surface area (Å²) in [4.78, 5) is 0. The van der Waals surface area contributed by atoms with Crippen LogP contribution in [-0.2, 0) is 0 Å². The number of nitrogens with zero attached hydrogens (tertiary/aromatic N) is 1. The van der Waals surface area contributed by atoms with Crippen LogP contribution >= 0.6 is 11.3 Å². The maximum atomic E-state index is 10.2. The molecule has 234 valence electrons. The first-order valence-electron chi connectivity index (χ1n) is 16.9. The van der Waals surface area contributed by atoms with E-state index in [0.717, 1.165) is 32.7 Å². The molecule has 2 heteroatoms. The van der Waals surface area contributed by atoms with Crippen LogP contribution in [0.1, 0.15) is 16.7 Å². The van der Waals surface area contributed by atoms with Gasteiger partial charge in [-0.15, -0.1) is 11.3 Å². The van der Waals surface area contributed by atoms with Crippen molar-refractivity contribution < 1.29 is 0 Å². The molecular formula is C48H31NS. The molecule has 0 aliphatic rings. The van der Waals surface area contributed by atoms with E-state index < -0.39 is 0 Å². The lowest BCUT2D eigenvalue weighted by Crippen LogP contribution is -1.96. The van der Waals surface area contributed by atoms with Crippen molar-refractivity contribution in [3.63, 3.8) is 0 Å². The Morgan fingerprint density at radius 2 is 1.16 bits per heavy atom. The Balaban J connectivity index is 1.34. The van der Waals surface area contributed by atoms with Gasteiger partial charge in [0.05, 0.1) is 5.56 Å². The lowest BCUT2D eigenvalue weighted by Gasteiger charge is -2.20. The van der Waals surface area contributed by atoms with Crippen LogP contribution in [0.15, 0.2) is 158 Å². The van der Waals surface area contributed by atoms with Crippen molar-refractivity contribution in [2.75, 3.05) is 0 Å². The molecule has 1 aromatic heterocycles. The molecule has 0 unspecified atom stereocenters. The minimum absolute atomic E-state index is 0.731. The first-order chi connectivity index (χ1) is 24.7. The number of fused-ring (bicyclic) bond motifs is 6. The molecule has 8 aromatic carbocycles. The number of allylic oxidation sites excluding steroid dienone is 2. The fourth-order valence-electron chi connectivity index (χ4n) is 7.98. The SMILES string of the molecule is C=C/C=C\c1c(C)c(-c2ccccc2)c2ccccc2c1-c1cccc2sc3cc(-c4c5ccccc5c(C#N)c5ccccc45)ccc3c12. The Labute approximate surface area is 295 Å². The second kappa shape index (κ2) is 12.0. The molecule has 1 nitrogen and oxygen atoms in total. The van der Waals surface area contributed by atoms with Crippen molar-refractivity contribution in [3.8, 4) is 39.4 Å². The summed E-state index contributed by atoms with van der Waals surface area (Å²) in [6.07, 6.45) is 6.14. The first-order valence-corrected chi connectivity index (χ1v) is 17.7. The molecule has 0 atom stereocenters. The van der Waals surface area contributed by atoms with E-state index in [1.54, 1.807) is 0 Å². The number of rotatable bonds is 5. The molecule has 9 rings (SSSR count). The summed E-state index contributed by atoms with van der Waals surface area (Å²) >= 11 is 1.84. The van der Waals surface area contributed by atoms with E-state index in [4.69, 9.17) is 0 Å². The average molecular weight is 654 g/mol. The summed E-state index contributed by atoms with van der Waals surface area (Å²) in [5.41, 5.74) is 10.5. The number of thiophene rings is 1. The third-order valence-electron chi connectivity index (χ3n) is 10.1. The summed E-state index contributed by atoms with van der Waals surface area (Å²) < 4.78 is 2.50. The molecule has 0 spiro atoms. The van der Waals surface area contributed by atoms with Crippen LogP contribution in [0.2, 0.25) is 0 Å². The molecule has 0 fully saturated rings. The molecular weight excluding hydrogens is 623 g/mol. The zero-order valence-electron chi connectivity index (χ0n) is 27.6. The van der Waals surface area contributed by atoms with E-state index in [1.165, 1.54) is 69.9 Å². The number of hydrogen-bond donors (Lipinski definition) is 0. The van der Waals surface area contributed by atoms with E-state index in [-0.39, 0.29) is 0 Å². The van der Waals surface area contributed by atoms with Crippen molar-refractivity contribution in [2.45, 2.75) is 6.92 Å². The van der Waals surface area contributed by atoms with Crippen LogP contribution in [-0.4, -0.2) is 0 Å². The van der Waals surface area contributed by atoms with E-state index >= 15 is 0 Å². The second-order valence-electron chi connectivity index (χ2n) is 12.7. The molecule has 9 aromatic rings. The quantitative estimate of drug-likeness (QED) is 0.134. The van der Waals surface area contributed by atoms with Gasteiger partial charge in [0.15, 0.2) is 0 Å². The topological polar surface area (TPSA) is 23.8 Å². The predicted molar refractivity (Wildman–Crippen MR) is 217 cm³/mol. The van der Waals surface area contributed by atoms with Gasteiger partial charge in [0, 0.05) is 30.9 Å². The summed E-state index contributed by atoms with van der Waals surface area (Å²) in [6.45, 7) is 6.27. The molecule has 0 N–H and O–H groups in total. The lowest BCUT2D eigenvalue weighted by atomic mass is 9.83. The van der Waals surface area contributed by atoms with Gasteiger partial charge < -0.3 is 0 Å². The van der Waals surface area contributed by atoms with Crippen molar-refractivity contribution >= 4 is 69.9 Å². The molecule has 0 saturated heterocycles. The summed E-state index contributed by atoms with van der Waals surface area (Å²) in [5, 5.41) is 19.4. The predicted octanol–water partition coefficient (Wildman–Crippen LogP) is 13.9. The highest BCUT2D eigenvalue weighted by molar-refractivity contribution is 7.26. The number of nitriles is 1. The highest BCUT2D eigenvalue weighted by Crippen LogP contribution is 2.48. The highest BCUT2D eigenvalue weighted by atomic mass is 32.1. The van der Waals surface area contributed by atoms with Crippen LogP contribution in [0.5, 0.6) is 0 Å². The van der Waals surface area contributed by atoms with E-state index in [9.17, 15) is 5.26 Å². The highest BCUT2D eigenvalue weighted by Gasteiger charge is 2.22. The number of benzene rings is 8. The van der Waals surface area contributed by atoms with Gasteiger partial charge >= 0.3 is 0 Å². The molecule has 0 bridgehead atoms. The van der Waals surface area contributed by atoms with Crippen molar-refractivity contribution in [1.29, 1.82) is 5.26 Å². The van der Waals surface area contributed by atoms with Gasteiger partial charge in [0.25, 0.3) is 0 Å². The van der Waals surface area contributed by atoms with Crippen LogP contribution in [0.25, 0.3) is 91.9 Å². The van der Waals surface area contributed by atoms with Crippen molar-refractivity contribution in [3.05, 3.63) is 175 Å². The van der Waals surface area contributed by atoms with Gasteiger partial charge in [0.2, 0.25) is 0 Å². The minimum Gasteiger partial charge on any atom is -0.192 e. The monoisotopic (exact) mass is 653 g/mol. The zero-order chi connectivity index (χ0) is 33.8. The fourth-order valence-corrected chi connectivity index (χ4v) is 9.15. The smallest absolute Gasteiger partial charge is 0.100 e. The standard InChI is InChI=1S/C48H31NS/c1-3-4-17-33-30(2)45(31-15-6-5-7-16-31)38-22-12-13-23-39(38)47(33)41-24-14-25-43-48(41)40-27-26-32(28-44(40)50-43)46-36-20-10-8-18-34(36)42(29-49)35-19-9-11-21-37(35)46/h3-28H,1H2,2H3/b17-4-. The van der Waals surface area contributed by atoms with Crippen molar-refractivity contribution in [1.82, 2.24) is 0 Å². The van der Waals surface area contributed by atoms with Gasteiger partial charge in [-0.3, -0.25) is 0 Å². The van der Waals surface area contributed by atoms with E-state index in [2.05, 4.69) is 159 Å². The summed E-state index contributed by atoms with van der Waals surface area (Å²) in [6, 6.07) is 52.4. The first kappa shape index (κ1) is 29.8. The Morgan fingerprint density at radius 3 is 1.80 bits per heavy atom. The average Bonchev–Trinajstić information content (AvgIpc) is 3.54. The maximum absolute atomic E-state index is 10.2. The second-order valence-corrected chi connectivity index (χ2v) is 13.8. The van der Waals surface area contributed by atoms with Gasteiger partial charge in [0.1, 0.15) is 6.07 Å². The van der Waals surface area contributed by atoms with E-state index in [0.29, 0.717) is 0 Å². The Morgan fingerprint density at radius 1 is 0.560 bits per heavy atom.